The number of rotatable bonds is 16. The van der Waals surface area contributed by atoms with Crippen molar-refractivity contribution < 1.29 is 32.3 Å². The molecule has 4 aliphatic rings. The van der Waals surface area contributed by atoms with E-state index in [0.29, 0.717) is 49.2 Å². The predicted molar refractivity (Wildman–Crippen MR) is 278 cm³/mol. The average Bonchev–Trinajstić information content (AvgIpc) is 3.86. The number of H-pyrrole nitrogens is 1. The van der Waals surface area contributed by atoms with E-state index < -0.39 is 31.4 Å². The van der Waals surface area contributed by atoms with Gasteiger partial charge in [-0.15, -0.1) is 0 Å². The average molecular weight is 997 g/mol. The van der Waals surface area contributed by atoms with Gasteiger partial charge in [-0.05, 0) is 121 Å². The topological polar surface area (TPSA) is 184 Å². The van der Waals surface area contributed by atoms with E-state index >= 15 is 0 Å². The lowest BCUT2D eigenvalue weighted by atomic mass is 9.59. The standard InChI is InChI=1S/C55H64N8O8S/c1-37(2)46-6-4-5-7-47(46)51-36-60(35-39-8-11-43(69-3)12-9-39)24-25-62(51)42-31-55(32-42)19-22-61(23-20-55)41-10-14-48(52(29-41)71-44-28-40-16-21-56-53(40)58-34-44)54(64)59-72(67,68)45-13-15-49(50(30-45)63(65)66)57-33-38-17-26-70-27-18-38/h4-16,21,28-30,34,37-38,42,51,57H,17-20,22-27,31-33,35-36H2,1-3H3,(H,56,58)(H,59,64)/t51-/m0/s1. The summed E-state index contributed by atoms with van der Waals surface area (Å²) in [4.78, 5) is 40.5. The maximum Gasteiger partial charge on any atom is 0.293 e. The smallest absolute Gasteiger partial charge is 0.293 e. The molecule has 0 unspecified atom stereocenters. The summed E-state index contributed by atoms with van der Waals surface area (Å²) in [5.41, 5.74) is 5.67. The number of carbonyl (C=O) groups is 1. The Balaban J connectivity index is 0.835. The van der Waals surface area contributed by atoms with Crippen LogP contribution in [0.4, 0.5) is 17.1 Å². The number of aromatic amines is 1. The highest BCUT2D eigenvalue weighted by molar-refractivity contribution is 7.90. The summed E-state index contributed by atoms with van der Waals surface area (Å²) >= 11 is 0. The summed E-state index contributed by atoms with van der Waals surface area (Å²) in [6.45, 7) is 11.8. The van der Waals surface area contributed by atoms with Crippen LogP contribution in [0.15, 0.2) is 114 Å². The highest BCUT2D eigenvalue weighted by Gasteiger charge is 2.50. The molecule has 3 aliphatic heterocycles. The Morgan fingerprint density at radius 3 is 2.47 bits per heavy atom. The minimum Gasteiger partial charge on any atom is -0.497 e. The summed E-state index contributed by atoms with van der Waals surface area (Å²) in [5.74, 6) is 1.14. The number of hydrogen-bond donors (Lipinski definition) is 3. The van der Waals surface area contributed by atoms with Crippen molar-refractivity contribution >= 4 is 44.0 Å². The second-order valence-electron chi connectivity index (χ2n) is 20.3. The first kappa shape index (κ1) is 49.1. The molecule has 10 rings (SSSR count). The van der Waals surface area contributed by atoms with Gasteiger partial charge in [-0.1, -0.05) is 50.2 Å². The lowest BCUT2D eigenvalue weighted by molar-refractivity contribution is -0.384. The number of piperidine rings is 1. The van der Waals surface area contributed by atoms with Gasteiger partial charge in [0.1, 0.15) is 28.6 Å². The van der Waals surface area contributed by atoms with Gasteiger partial charge in [0.15, 0.2) is 0 Å². The van der Waals surface area contributed by atoms with Gasteiger partial charge in [0.2, 0.25) is 0 Å². The largest absolute Gasteiger partial charge is 0.497 e. The minimum absolute atomic E-state index is 0.0197. The molecule has 4 fully saturated rings. The van der Waals surface area contributed by atoms with Gasteiger partial charge in [0.05, 0.1) is 28.7 Å². The fourth-order valence-corrected chi connectivity index (χ4v) is 12.4. The van der Waals surface area contributed by atoms with E-state index in [2.05, 4.69) is 85.0 Å². The number of nitro groups is 1. The fourth-order valence-electron chi connectivity index (χ4n) is 11.4. The van der Waals surface area contributed by atoms with E-state index in [1.807, 2.05) is 24.3 Å². The van der Waals surface area contributed by atoms with Crippen molar-refractivity contribution in [1.82, 2.24) is 24.5 Å². The summed E-state index contributed by atoms with van der Waals surface area (Å²) < 4.78 is 47.0. The molecule has 72 heavy (non-hydrogen) atoms. The molecule has 16 nitrogen and oxygen atoms in total. The zero-order valence-corrected chi connectivity index (χ0v) is 42.0. The van der Waals surface area contributed by atoms with Crippen LogP contribution in [0, 0.1) is 21.4 Å². The minimum atomic E-state index is -4.56. The van der Waals surface area contributed by atoms with Crippen LogP contribution in [0.1, 0.15) is 91.4 Å². The summed E-state index contributed by atoms with van der Waals surface area (Å²) in [7, 11) is -2.86. The SMILES string of the molecule is COc1ccc(CN2CCN(C3CC4(CCN(c5ccc(C(=O)NS(=O)(=O)c6ccc(NCC7CCOCC7)c([N+](=O)[O-])c6)c(Oc6cnc7[nH]ccc7c6)c5)CC4)C3)[C@H](c3ccccc3C(C)C)C2)cc1. The van der Waals surface area contributed by atoms with Gasteiger partial charge in [0, 0.05) is 101 Å². The van der Waals surface area contributed by atoms with Crippen molar-refractivity contribution in [3.8, 4) is 17.2 Å². The number of anilines is 2. The van der Waals surface area contributed by atoms with Crippen LogP contribution in [0.2, 0.25) is 0 Å². The summed E-state index contributed by atoms with van der Waals surface area (Å²) in [5, 5.41) is 16.1. The van der Waals surface area contributed by atoms with E-state index in [1.165, 1.54) is 28.8 Å². The van der Waals surface area contributed by atoms with Crippen LogP contribution in [0.25, 0.3) is 11.0 Å². The molecule has 5 heterocycles. The first-order chi connectivity index (χ1) is 34.8. The monoisotopic (exact) mass is 996 g/mol. The number of hydrogen-bond acceptors (Lipinski definition) is 13. The zero-order valence-electron chi connectivity index (χ0n) is 41.2. The number of fused-ring (bicyclic) bond motifs is 1. The number of amides is 1. The van der Waals surface area contributed by atoms with Crippen LogP contribution in [-0.2, 0) is 21.3 Å². The Morgan fingerprint density at radius 2 is 1.72 bits per heavy atom. The van der Waals surface area contributed by atoms with Crippen molar-refractivity contribution in [2.75, 3.05) is 69.8 Å². The van der Waals surface area contributed by atoms with Crippen LogP contribution in [0.3, 0.4) is 0 Å². The third-order valence-corrected chi connectivity index (χ3v) is 16.8. The van der Waals surface area contributed by atoms with Gasteiger partial charge >= 0.3 is 0 Å². The lowest BCUT2D eigenvalue weighted by Crippen LogP contribution is -2.60. The maximum absolute atomic E-state index is 14.1. The number of benzene rings is 4. The van der Waals surface area contributed by atoms with Gasteiger partial charge in [-0.3, -0.25) is 24.7 Å². The number of carbonyl (C=O) groups excluding carboxylic acids is 1. The van der Waals surface area contributed by atoms with Crippen molar-refractivity contribution in [3.63, 3.8) is 0 Å². The number of methoxy groups -OCH3 is 1. The second-order valence-corrected chi connectivity index (χ2v) is 22.0. The second kappa shape index (κ2) is 20.9. The number of ether oxygens (including phenoxy) is 3. The number of nitrogens with one attached hydrogen (secondary N) is 3. The highest BCUT2D eigenvalue weighted by Crippen LogP contribution is 2.53. The molecule has 1 amide bonds. The third-order valence-electron chi connectivity index (χ3n) is 15.5. The number of sulfonamides is 1. The molecule has 0 radical (unpaired) electrons. The van der Waals surface area contributed by atoms with Crippen molar-refractivity contribution in [1.29, 1.82) is 0 Å². The molecule has 0 bridgehead atoms. The lowest BCUT2D eigenvalue weighted by Gasteiger charge is -2.58. The number of nitro benzene ring substituents is 1. The van der Waals surface area contributed by atoms with Crippen LogP contribution >= 0.6 is 0 Å². The van der Waals surface area contributed by atoms with Gasteiger partial charge in [-0.25, -0.2) is 18.1 Å². The molecule has 4 aromatic carbocycles. The molecule has 2 aromatic heterocycles. The molecule has 17 heteroatoms. The predicted octanol–water partition coefficient (Wildman–Crippen LogP) is 9.66. The fraction of sp³-hybridized carbons (Fsp3) is 0.418. The van der Waals surface area contributed by atoms with Crippen molar-refractivity contribution in [2.24, 2.45) is 11.3 Å². The quantitative estimate of drug-likeness (QED) is 0.0616. The normalized spacial score (nSPS) is 19.1. The molecule has 3 saturated heterocycles. The summed E-state index contributed by atoms with van der Waals surface area (Å²) in [6, 6.07) is 30.7. The molecular formula is C55H64N8O8S. The van der Waals surface area contributed by atoms with Crippen LogP contribution in [-0.4, -0.2) is 105 Å². The maximum atomic E-state index is 14.1. The number of piperazine rings is 1. The Hall–Kier alpha value is -6.53. The van der Waals surface area contributed by atoms with E-state index in [9.17, 15) is 23.3 Å². The van der Waals surface area contributed by atoms with Crippen LogP contribution < -0.4 is 24.4 Å². The van der Waals surface area contributed by atoms with Crippen LogP contribution in [0.5, 0.6) is 17.2 Å². The number of aromatic nitrogens is 2. The Kier molecular flexibility index (Phi) is 14.2. The molecule has 1 atom stereocenters. The Labute approximate surface area is 421 Å². The van der Waals surface area contributed by atoms with Crippen molar-refractivity contribution in [2.45, 2.75) is 81.8 Å². The van der Waals surface area contributed by atoms with Gasteiger partial charge in [0.25, 0.3) is 21.6 Å². The Morgan fingerprint density at radius 1 is 0.944 bits per heavy atom. The van der Waals surface area contributed by atoms with Gasteiger partial charge < -0.3 is 29.4 Å². The van der Waals surface area contributed by atoms with E-state index in [-0.39, 0.29) is 28.3 Å². The van der Waals surface area contributed by atoms with Crippen molar-refractivity contribution in [3.05, 3.63) is 142 Å². The first-order valence-electron chi connectivity index (χ1n) is 25.2. The van der Waals surface area contributed by atoms with E-state index in [0.717, 1.165) is 101 Å². The summed E-state index contributed by atoms with van der Waals surface area (Å²) in [6.07, 6.45) is 9.31. The Bertz CT molecular complexity index is 3010. The van der Waals surface area contributed by atoms with E-state index in [1.54, 1.807) is 37.7 Å². The van der Waals surface area contributed by atoms with E-state index in [4.69, 9.17) is 14.2 Å². The third kappa shape index (κ3) is 10.7. The highest BCUT2D eigenvalue weighted by atomic mass is 32.2. The molecule has 6 aromatic rings. The molecule has 1 aliphatic carbocycles. The number of nitrogens with zero attached hydrogens (tertiary/aromatic N) is 5. The van der Waals surface area contributed by atoms with Gasteiger partial charge in [-0.2, -0.15) is 0 Å². The molecule has 378 valence electrons. The molecule has 1 spiro atoms. The number of pyridine rings is 1. The molecule has 1 saturated carbocycles. The molecular weight excluding hydrogens is 933 g/mol. The zero-order chi connectivity index (χ0) is 50.0. The molecule has 3 N–H and O–H groups in total. The first-order valence-corrected chi connectivity index (χ1v) is 26.7.